The number of carbonyl (C=O) groups is 2. The monoisotopic (exact) mass is 391 g/mol. The molecule has 0 aromatic heterocycles. The van der Waals surface area contributed by atoms with Crippen LogP contribution in [0.3, 0.4) is 0 Å². The Morgan fingerprint density at radius 1 is 0.897 bits per heavy atom. The number of benzene rings is 2. The fourth-order valence-electron chi connectivity index (χ4n) is 3.95. The molecule has 0 atom stereocenters. The molecule has 6 nitrogen and oxygen atoms in total. The summed E-state index contributed by atoms with van der Waals surface area (Å²) in [6.45, 7) is 6.33. The quantitative estimate of drug-likeness (QED) is 0.734. The van der Waals surface area contributed by atoms with Crippen molar-refractivity contribution in [1.29, 1.82) is 0 Å². The van der Waals surface area contributed by atoms with Crippen molar-refractivity contribution in [3.63, 3.8) is 0 Å². The van der Waals surface area contributed by atoms with Crippen molar-refractivity contribution in [2.45, 2.75) is 6.92 Å². The van der Waals surface area contributed by atoms with E-state index in [4.69, 9.17) is 4.74 Å². The lowest BCUT2D eigenvalue weighted by atomic mass is 10.0. The van der Waals surface area contributed by atoms with Crippen LogP contribution in [-0.2, 0) is 9.59 Å². The number of hydrogen-bond donors (Lipinski definition) is 0. The van der Waals surface area contributed by atoms with Crippen LogP contribution in [0.5, 0.6) is 5.75 Å². The molecule has 2 aromatic rings. The van der Waals surface area contributed by atoms with Gasteiger partial charge in [-0.15, -0.1) is 0 Å². The second-order valence-corrected chi connectivity index (χ2v) is 7.16. The number of amides is 2. The van der Waals surface area contributed by atoms with Crippen LogP contribution in [0.1, 0.15) is 12.5 Å². The maximum atomic E-state index is 13.5. The number of anilines is 1. The number of piperazine rings is 1. The van der Waals surface area contributed by atoms with Crippen molar-refractivity contribution in [3.05, 3.63) is 65.9 Å². The number of likely N-dealkylation sites (N-methyl/N-ethyl adjacent to an activating group) is 1. The van der Waals surface area contributed by atoms with Crippen LogP contribution < -0.4 is 9.64 Å². The molecule has 29 heavy (non-hydrogen) atoms. The first-order valence-corrected chi connectivity index (χ1v) is 9.94. The van der Waals surface area contributed by atoms with Crippen molar-refractivity contribution in [3.8, 4) is 5.75 Å². The molecule has 1 saturated heterocycles. The van der Waals surface area contributed by atoms with Gasteiger partial charge in [0.25, 0.3) is 11.8 Å². The van der Waals surface area contributed by atoms with E-state index in [9.17, 15) is 9.59 Å². The van der Waals surface area contributed by atoms with Gasteiger partial charge in [0.15, 0.2) is 0 Å². The predicted molar refractivity (Wildman–Crippen MR) is 113 cm³/mol. The summed E-state index contributed by atoms with van der Waals surface area (Å²) >= 11 is 0. The van der Waals surface area contributed by atoms with Gasteiger partial charge in [0.1, 0.15) is 11.4 Å². The van der Waals surface area contributed by atoms with E-state index >= 15 is 0 Å². The molecule has 0 spiro atoms. The highest BCUT2D eigenvalue weighted by molar-refractivity contribution is 6.45. The molecule has 2 amide bonds. The lowest BCUT2D eigenvalue weighted by Crippen LogP contribution is -2.47. The topological polar surface area (TPSA) is 53.1 Å². The van der Waals surface area contributed by atoms with Crippen LogP contribution in [-0.4, -0.2) is 61.4 Å². The Labute approximate surface area is 171 Å². The second kappa shape index (κ2) is 8.09. The van der Waals surface area contributed by atoms with Gasteiger partial charge in [0.2, 0.25) is 0 Å². The molecule has 0 radical (unpaired) electrons. The van der Waals surface area contributed by atoms with E-state index in [0.717, 1.165) is 38.3 Å². The van der Waals surface area contributed by atoms with Crippen LogP contribution in [0.2, 0.25) is 0 Å². The summed E-state index contributed by atoms with van der Waals surface area (Å²) in [6.07, 6.45) is 0. The Kier molecular flexibility index (Phi) is 5.36. The standard InChI is InChI=1S/C23H25N3O3/c1-3-24-12-14-25(15-13-24)21-20(17-8-5-4-6-9-17)22(27)26(23(21)28)18-10-7-11-19(16-18)29-2/h4-11,16H,3,12-15H2,1-2H3. The number of ether oxygens (including phenoxy) is 1. The summed E-state index contributed by atoms with van der Waals surface area (Å²) in [7, 11) is 1.57. The van der Waals surface area contributed by atoms with Crippen molar-refractivity contribution in [2.24, 2.45) is 0 Å². The van der Waals surface area contributed by atoms with Gasteiger partial charge >= 0.3 is 0 Å². The third-order valence-electron chi connectivity index (χ3n) is 5.57. The summed E-state index contributed by atoms with van der Waals surface area (Å²) in [6, 6.07) is 16.5. The molecule has 2 heterocycles. The van der Waals surface area contributed by atoms with E-state index in [1.54, 1.807) is 31.4 Å². The first kappa shape index (κ1) is 19.2. The molecule has 0 saturated carbocycles. The zero-order valence-electron chi connectivity index (χ0n) is 16.8. The van der Waals surface area contributed by atoms with E-state index in [0.29, 0.717) is 22.7 Å². The van der Waals surface area contributed by atoms with E-state index in [2.05, 4.69) is 16.7 Å². The van der Waals surface area contributed by atoms with Gasteiger partial charge in [-0.3, -0.25) is 9.59 Å². The van der Waals surface area contributed by atoms with Gasteiger partial charge in [-0.25, -0.2) is 4.90 Å². The molecule has 2 aliphatic rings. The Balaban J connectivity index is 1.76. The van der Waals surface area contributed by atoms with Crippen LogP contribution in [0.25, 0.3) is 5.57 Å². The fourth-order valence-corrected chi connectivity index (χ4v) is 3.95. The van der Waals surface area contributed by atoms with E-state index < -0.39 is 0 Å². The molecule has 6 heteroatoms. The zero-order valence-corrected chi connectivity index (χ0v) is 16.8. The van der Waals surface area contributed by atoms with Gasteiger partial charge in [-0.05, 0) is 24.2 Å². The highest BCUT2D eigenvalue weighted by Gasteiger charge is 2.43. The first-order valence-electron chi connectivity index (χ1n) is 9.94. The molecular weight excluding hydrogens is 366 g/mol. The minimum atomic E-state index is -0.289. The second-order valence-electron chi connectivity index (χ2n) is 7.16. The molecular formula is C23H25N3O3. The summed E-state index contributed by atoms with van der Waals surface area (Å²) in [5.41, 5.74) is 2.27. The van der Waals surface area contributed by atoms with Gasteiger partial charge in [0.05, 0.1) is 18.4 Å². The summed E-state index contributed by atoms with van der Waals surface area (Å²) in [4.78, 5) is 32.6. The molecule has 4 rings (SSSR count). The van der Waals surface area contributed by atoms with Crippen LogP contribution in [0, 0.1) is 0 Å². The van der Waals surface area contributed by atoms with Crippen molar-refractivity contribution in [1.82, 2.24) is 9.80 Å². The zero-order chi connectivity index (χ0) is 20.4. The number of imide groups is 1. The minimum Gasteiger partial charge on any atom is -0.497 e. The van der Waals surface area contributed by atoms with Gasteiger partial charge in [0, 0.05) is 32.2 Å². The first-order chi connectivity index (χ1) is 14.1. The average Bonchev–Trinajstić information content (AvgIpc) is 3.04. The average molecular weight is 391 g/mol. The highest BCUT2D eigenvalue weighted by Crippen LogP contribution is 2.36. The van der Waals surface area contributed by atoms with E-state index in [1.165, 1.54) is 4.90 Å². The maximum Gasteiger partial charge on any atom is 0.282 e. The lowest BCUT2D eigenvalue weighted by Gasteiger charge is -2.36. The molecule has 1 fully saturated rings. The number of nitrogens with zero attached hydrogens (tertiary/aromatic N) is 3. The third kappa shape index (κ3) is 3.51. The molecule has 0 N–H and O–H groups in total. The van der Waals surface area contributed by atoms with Crippen molar-refractivity contribution in [2.75, 3.05) is 44.7 Å². The van der Waals surface area contributed by atoms with Gasteiger partial charge in [-0.1, -0.05) is 43.3 Å². The van der Waals surface area contributed by atoms with Crippen LogP contribution >= 0.6 is 0 Å². The lowest BCUT2D eigenvalue weighted by molar-refractivity contribution is -0.120. The third-order valence-corrected chi connectivity index (χ3v) is 5.57. The molecule has 2 aliphatic heterocycles. The summed E-state index contributed by atoms with van der Waals surface area (Å²) in [5.74, 6) is 0.0452. The summed E-state index contributed by atoms with van der Waals surface area (Å²) in [5, 5.41) is 0. The number of carbonyl (C=O) groups excluding carboxylic acids is 2. The van der Waals surface area contributed by atoms with Crippen LogP contribution in [0.4, 0.5) is 5.69 Å². The SMILES string of the molecule is CCN1CCN(C2=C(c3ccccc3)C(=O)N(c3cccc(OC)c3)C2=O)CC1. The molecule has 0 aliphatic carbocycles. The summed E-state index contributed by atoms with van der Waals surface area (Å²) < 4.78 is 5.28. The van der Waals surface area contributed by atoms with E-state index in [1.807, 2.05) is 30.3 Å². The largest absolute Gasteiger partial charge is 0.497 e. The number of hydrogen-bond acceptors (Lipinski definition) is 5. The Bertz CT molecular complexity index is 947. The molecule has 2 aromatic carbocycles. The Morgan fingerprint density at radius 3 is 2.28 bits per heavy atom. The smallest absolute Gasteiger partial charge is 0.282 e. The Hall–Kier alpha value is -3.12. The Morgan fingerprint density at radius 2 is 1.62 bits per heavy atom. The molecule has 0 unspecified atom stereocenters. The minimum absolute atomic E-state index is 0.271. The fraction of sp³-hybridized carbons (Fsp3) is 0.304. The molecule has 0 bridgehead atoms. The predicted octanol–water partition coefficient (Wildman–Crippen LogP) is 2.62. The number of methoxy groups -OCH3 is 1. The van der Waals surface area contributed by atoms with Gasteiger partial charge < -0.3 is 14.5 Å². The van der Waals surface area contributed by atoms with Crippen LogP contribution in [0.15, 0.2) is 60.3 Å². The van der Waals surface area contributed by atoms with Crippen molar-refractivity contribution < 1.29 is 14.3 Å². The normalized spacial score (nSPS) is 18.0. The van der Waals surface area contributed by atoms with Gasteiger partial charge in [-0.2, -0.15) is 0 Å². The highest BCUT2D eigenvalue weighted by atomic mass is 16.5. The van der Waals surface area contributed by atoms with Crippen molar-refractivity contribution >= 4 is 23.1 Å². The number of rotatable bonds is 5. The molecule has 150 valence electrons. The maximum absolute atomic E-state index is 13.5. The van der Waals surface area contributed by atoms with E-state index in [-0.39, 0.29) is 11.8 Å².